The number of nitriles is 1. The molecule has 0 saturated carbocycles. The molecule has 0 amide bonds. The van der Waals surface area contributed by atoms with Gasteiger partial charge in [0.25, 0.3) is 0 Å². The van der Waals surface area contributed by atoms with Crippen molar-refractivity contribution in [3.05, 3.63) is 29.6 Å². The summed E-state index contributed by atoms with van der Waals surface area (Å²) >= 11 is 0. The van der Waals surface area contributed by atoms with Crippen molar-refractivity contribution in [2.24, 2.45) is 5.92 Å². The third-order valence-electron chi connectivity index (χ3n) is 2.51. The highest BCUT2D eigenvalue weighted by atomic mass is 32.2. The van der Waals surface area contributed by atoms with E-state index in [1.165, 1.54) is 13.0 Å². The normalized spacial score (nSPS) is 13.4. The predicted octanol–water partition coefficient (Wildman–Crippen LogP) is 2.46. The Morgan fingerprint density at radius 3 is 2.35 bits per heavy atom. The first-order valence-electron chi connectivity index (χ1n) is 5.20. The molecule has 0 bridgehead atoms. The van der Waals surface area contributed by atoms with Crippen molar-refractivity contribution in [1.29, 1.82) is 5.26 Å². The minimum absolute atomic E-state index is 0.0270. The van der Waals surface area contributed by atoms with Crippen molar-refractivity contribution >= 4 is 9.84 Å². The van der Waals surface area contributed by atoms with E-state index in [0.717, 1.165) is 12.1 Å². The standard InChI is InChI=1S/C12H14FNO2S/c1-8(2)12(7-14)17(15,16)11-5-4-10(13)6-9(11)3/h4-6,8,12H,1-3H3. The van der Waals surface area contributed by atoms with Crippen LogP contribution in [0.15, 0.2) is 23.1 Å². The Morgan fingerprint density at radius 1 is 1.35 bits per heavy atom. The minimum atomic E-state index is -3.73. The molecule has 92 valence electrons. The van der Waals surface area contributed by atoms with E-state index in [2.05, 4.69) is 0 Å². The number of rotatable bonds is 3. The molecule has 0 heterocycles. The van der Waals surface area contributed by atoms with Crippen molar-refractivity contribution in [2.75, 3.05) is 0 Å². The molecular weight excluding hydrogens is 241 g/mol. The van der Waals surface area contributed by atoms with Gasteiger partial charge in [-0.1, -0.05) is 13.8 Å². The number of sulfone groups is 1. The zero-order chi connectivity index (χ0) is 13.2. The summed E-state index contributed by atoms with van der Waals surface area (Å²) in [5, 5.41) is 7.83. The van der Waals surface area contributed by atoms with Gasteiger partial charge in [-0.25, -0.2) is 12.8 Å². The quantitative estimate of drug-likeness (QED) is 0.779. The molecule has 1 unspecified atom stereocenters. The van der Waals surface area contributed by atoms with Gasteiger partial charge in [-0.2, -0.15) is 5.26 Å². The van der Waals surface area contributed by atoms with Crippen LogP contribution in [0.2, 0.25) is 0 Å². The van der Waals surface area contributed by atoms with E-state index < -0.39 is 20.9 Å². The van der Waals surface area contributed by atoms with Gasteiger partial charge < -0.3 is 0 Å². The van der Waals surface area contributed by atoms with Crippen molar-refractivity contribution in [3.8, 4) is 6.07 Å². The second-order valence-corrected chi connectivity index (χ2v) is 6.29. The molecule has 3 nitrogen and oxygen atoms in total. The number of benzene rings is 1. The third kappa shape index (κ3) is 2.64. The first kappa shape index (κ1) is 13.7. The molecule has 0 aromatic heterocycles. The predicted molar refractivity (Wildman–Crippen MR) is 62.6 cm³/mol. The lowest BCUT2D eigenvalue weighted by Crippen LogP contribution is -2.25. The van der Waals surface area contributed by atoms with Gasteiger partial charge in [-0.3, -0.25) is 0 Å². The van der Waals surface area contributed by atoms with Crippen LogP contribution in [-0.4, -0.2) is 13.7 Å². The van der Waals surface area contributed by atoms with E-state index in [1.807, 2.05) is 0 Å². The average molecular weight is 255 g/mol. The lowest BCUT2D eigenvalue weighted by atomic mass is 10.1. The second kappa shape index (κ2) is 4.84. The zero-order valence-corrected chi connectivity index (χ0v) is 10.8. The van der Waals surface area contributed by atoms with Crippen LogP contribution >= 0.6 is 0 Å². The summed E-state index contributed by atoms with van der Waals surface area (Å²) in [6.45, 7) is 4.86. The first-order chi connectivity index (χ1) is 7.80. The van der Waals surface area contributed by atoms with Gasteiger partial charge in [0, 0.05) is 0 Å². The summed E-state index contributed by atoms with van der Waals surface area (Å²) in [6, 6.07) is 5.26. The zero-order valence-electron chi connectivity index (χ0n) is 9.94. The summed E-state index contributed by atoms with van der Waals surface area (Å²) in [6.07, 6.45) is 0. The van der Waals surface area contributed by atoms with Gasteiger partial charge in [0.2, 0.25) is 0 Å². The molecule has 0 N–H and O–H groups in total. The topological polar surface area (TPSA) is 57.9 Å². The van der Waals surface area contributed by atoms with Crippen LogP contribution in [0.25, 0.3) is 0 Å². The number of aryl methyl sites for hydroxylation is 1. The lowest BCUT2D eigenvalue weighted by Gasteiger charge is -2.15. The molecule has 0 aliphatic rings. The van der Waals surface area contributed by atoms with Gasteiger partial charge >= 0.3 is 0 Å². The third-order valence-corrected chi connectivity index (χ3v) is 4.90. The average Bonchev–Trinajstić information content (AvgIpc) is 2.16. The molecule has 1 rings (SSSR count). The fraction of sp³-hybridized carbons (Fsp3) is 0.417. The maximum atomic E-state index is 12.9. The Morgan fingerprint density at radius 2 is 1.94 bits per heavy atom. The number of nitrogens with zero attached hydrogens (tertiary/aromatic N) is 1. The van der Waals surface area contributed by atoms with Crippen LogP contribution in [0.1, 0.15) is 19.4 Å². The largest absolute Gasteiger partial charge is 0.222 e. The van der Waals surface area contributed by atoms with Crippen molar-refractivity contribution in [3.63, 3.8) is 0 Å². The van der Waals surface area contributed by atoms with Crippen molar-refractivity contribution in [2.45, 2.75) is 30.9 Å². The highest BCUT2D eigenvalue weighted by Gasteiger charge is 2.31. The van der Waals surface area contributed by atoms with Crippen LogP contribution in [0.4, 0.5) is 4.39 Å². The van der Waals surface area contributed by atoms with E-state index in [1.54, 1.807) is 19.9 Å². The summed E-state index contributed by atoms with van der Waals surface area (Å²) in [5.41, 5.74) is 0.325. The van der Waals surface area contributed by atoms with Gasteiger partial charge in [0.05, 0.1) is 11.0 Å². The molecule has 1 aromatic carbocycles. The van der Waals surface area contributed by atoms with E-state index in [-0.39, 0.29) is 10.8 Å². The van der Waals surface area contributed by atoms with E-state index in [0.29, 0.717) is 5.56 Å². The molecule has 17 heavy (non-hydrogen) atoms. The number of hydrogen-bond donors (Lipinski definition) is 0. The Labute approximate surface area is 101 Å². The van der Waals surface area contributed by atoms with Crippen LogP contribution in [0.3, 0.4) is 0 Å². The van der Waals surface area contributed by atoms with Crippen LogP contribution in [-0.2, 0) is 9.84 Å². The second-order valence-electron chi connectivity index (χ2n) is 4.25. The molecule has 0 saturated heterocycles. The summed E-state index contributed by atoms with van der Waals surface area (Å²) in [7, 11) is -3.73. The van der Waals surface area contributed by atoms with Gasteiger partial charge in [-0.15, -0.1) is 0 Å². The Kier molecular flexibility index (Phi) is 3.89. The molecule has 0 fully saturated rings. The maximum Gasteiger partial charge on any atom is 0.195 e. The Bertz CT molecular complexity index is 558. The minimum Gasteiger partial charge on any atom is -0.222 e. The first-order valence-corrected chi connectivity index (χ1v) is 6.75. The molecule has 1 atom stereocenters. The molecule has 1 aromatic rings. The highest BCUT2D eigenvalue weighted by Crippen LogP contribution is 2.24. The van der Waals surface area contributed by atoms with E-state index in [4.69, 9.17) is 5.26 Å². The SMILES string of the molecule is Cc1cc(F)ccc1S(=O)(=O)C(C#N)C(C)C. The van der Waals surface area contributed by atoms with E-state index in [9.17, 15) is 12.8 Å². The molecule has 0 radical (unpaired) electrons. The Hall–Kier alpha value is -1.41. The molecular formula is C12H14FNO2S. The molecule has 0 spiro atoms. The Balaban J connectivity index is 3.37. The number of halogens is 1. The fourth-order valence-electron chi connectivity index (χ4n) is 1.65. The van der Waals surface area contributed by atoms with Crippen LogP contribution in [0.5, 0.6) is 0 Å². The fourth-order valence-corrected chi connectivity index (χ4v) is 3.54. The maximum absolute atomic E-state index is 12.9. The van der Waals surface area contributed by atoms with Gasteiger partial charge in [0.1, 0.15) is 5.82 Å². The molecule has 0 aliphatic heterocycles. The number of hydrogen-bond acceptors (Lipinski definition) is 3. The van der Waals surface area contributed by atoms with Crippen molar-refractivity contribution in [1.82, 2.24) is 0 Å². The highest BCUT2D eigenvalue weighted by molar-refractivity contribution is 7.92. The summed E-state index contributed by atoms with van der Waals surface area (Å²) < 4.78 is 37.3. The lowest BCUT2D eigenvalue weighted by molar-refractivity contribution is 0.562. The van der Waals surface area contributed by atoms with Crippen LogP contribution in [0, 0.1) is 30.0 Å². The molecule has 0 aliphatic carbocycles. The smallest absolute Gasteiger partial charge is 0.195 e. The van der Waals surface area contributed by atoms with Crippen molar-refractivity contribution < 1.29 is 12.8 Å². The molecule has 5 heteroatoms. The van der Waals surface area contributed by atoms with Gasteiger partial charge in [-0.05, 0) is 36.6 Å². The van der Waals surface area contributed by atoms with Crippen LogP contribution < -0.4 is 0 Å². The van der Waals surface area contributed by atoms with E-state index >= 15 is 0 Å². The monoisotopic (exact) mass is 255 g/mol. The van der Waals surface area contributed by atoms with Gasteiger partial charge in [0.15, 0.2) is 15.1 Å². The summed E-state index contributed by atoms with van der Waals surface area (Å²) in [4.78, 5) is 0.0270. The summed E-state index contributed by atoms with van der Waals surface area (Å²) in [5.74, 6) is -0.797.